The smallest absolute Gasteiger partial charge is 0.471 e. The van der Waals surface area contributed by atoms with E-state index >= 15 is 0 Å². The summed E-state index contributed by atoms with van der Waals surface area (Å²) < 4.78 is 43.1. The number of carboxylic acid groups (broad SMARTS) is 1. The van der Waals surface area contributed by atoms with Crippen molar-refractivity contribution in [1.82, 2.24) is 4.90 Å². The Bertz CT molecular complexity index is 588. The quantitative estimate of drug-likeness (QED) is 0.928. The number of carboxylic acids is 1. The maximum absolute atomic E-state index is 12.7. The summed E-state index contributed by atoms with van der Waals surface area (Å²) in [5.41, 5.74) is 0.307. The molecule has 0 radical (unpaired) electrons. The van der Waals surface area contributed by atoms with Gasteiger partial charge in [0.25, 0.3) is 0 Å². The van der Waals surface area contributed by atoms with Crippen LogP contribution in [-0.2, 0) is 9.59 Å². The Morgan fingerprint density at radius 3 is 2.59 bits per heavy atom. The highest BCUT2D eigenvalue weighted by atomic mass is 19.4. The number of hydrogen-bond acceptors (Lipinski definition) is 3. The van der Waals surface area contributed by atoms with E-state index < -0.39 is 30.0 Å². The molecule has 1 fully saturated rings. The Morgan fingerprint density at radius 1 is 1.36 bits per heavy atom. The van der Waals surface area contributed by atoms with Crippen LogP contribution in [0.5, 0.6) is 5.75 Å². The maximum atomic E-state index is 12.7. The highest BCUT2D eigenvalue weighted by Gasteiger charge is 2.50. The molecule has 8 heteroatoms. The molecule has 1 aliphatic rings. The van der Waals surface area contributed by atoms with Crippen LogP contribution in [0.15, 0.2) is 24.3 Å². The molecule has 1 N–H and O–H groups in total. The highest BCUT2D eigenvalue weighted by molar-refractivity contribution is 5.84. The molecule has 1 aliphatic heterocycles. The Kier molecular flexibility index (Phi) is 4.30. The van der Waals surface area contributed by atoms with E-state index in [0.29, 0.717) is 16.2 Å². The molecule has 0 aromatic heterocycles. The first-order valence-corrected chi connectivity index (χ1v) is 6.50. The summed E-state index contributed by atoms with van der Waals surface area (Å²) in [7, 11) is 1.39. The first-order chi connectivity index (χ1) is 10.3. The van der Waals surface area contributed by atoms with Crippen LogP contribution in [0.25, 0.3) is 0 Å². The minimum absolute atomic E-state index is 0.0287. The Morgan fingerprint density at radius 2 is 2.05 bits per heavy atom. The van der Waals surface area contributed by atoms with Gasteiger partial charge >= 0.3 is 18.1 Å². The molecule has 0 saturated carbocycles. The van der Waals surface area contributed by atoms with Crippen molar-refractivity contribution < 1.29 is 32.6 Å². The molecular weight excluding hydrogens is 303 g/mol. The number of rotatable bonds is 3. The van der Waals surface area contributed by atoms with Gasteiger partial charge in [-0.3, -0.25) is 9.59 Å². The number of amides is 1. The zero-order valence-electron chi connectivity index (χ0n) is 11.6. The van der Waals surface area contributed by atoms with E-state index in [0.717, 1.165) is 0 Å². The van der Waals surface area contributed by atoms with E-state index in [1.165, 1.54) is 19.2 Å². The van der Waals surface area contributed by atoms with Crippen LogP contribution in [0.1, 0.15) is 18.0 Å². The van der Waals surface area contributed by atoms with E-state index in [1.54, 1.807) is 12.1 Å². The lowest BCUT2D eigenvalue weighted by molar-refractivity contribution is -0.187. The minimum Gasteiger partial charge on any atom is -0.497 e. The van der Waals surface area contributed by atoms with E-state index in [2.05, 4.69) is 0 Å². The second-order valence-corrected chi connectivity index (χ2v) is 4.95. The molecule has 120 valence electrons. The number of benzene rings is 1. The zero-order valence-corrected chi connectivity index (χ0v) is 11.6. The van der Waals surface area contributed by atoms with Crippen LogP contribution in [0.4, 0.5) is 13.2 Å². The third kappa shape index (κ3) is 3.00. The summed E-state index contributed by atoms with van der Waals surface area (Å²) in [4.78, 5) is 23.4. The number of halogens is 3. The number of carbonyl (C=O) groups is 2. The first-order valence-electron chi connectivity index (χ1n) is 6.50. The molecule has 1 aromatic carbocycles. The number of methoxy groups -OCH3 is 1. The van der Waals surface area contributed by atoms with Gasteiger partial charge in [0.15, 0.2) is 0 Å². The lowest BCUT2D eigenvalue weighted by Crippen LogP contribution is -2.42. The lowest BCUT2D eigenvalue weighted by atomic mass is 9.93. The molecule has 22 heavy (non-hydrogen) atoms. The molecule has 2 unspecified atom stereocenters. The number of likely N-dealkylation sites (tertiary alicyclic amines) is 1. The van der Waals surface area contributed by atoms with Crippen molar-refractivity contribution in [3.63, 3.8) is 0 Å². The maximum Gasteiger partial charge on any atom is 0.471 e. The van der Waals surface area contributed by atoms with Gasteiger partial charge in [-0.1, -0.05) is 12.1 Å². The summed E-state index contributed by atoms with van der Waals surface area (Å²) in [5.74, 6) is -3.96. The summed E-state index contributed by atoms with van der Waals surface area (Å²) >= 11 is 0. The Hall–Kier alpha value is -2.25. The second kappa shape index (κ2) is 5.86. The SMILES string of the molecule is COc1cccc(C2C(C(=O)O)CCN2C(=O)C(F)(F)F)c1. The molecule has 0 spiro atoms. The molecule has 1 aromatic rings. The number of hydrogen-bond donors (Lipinski definition) is 1. The van der Waals surface area contributed by atoms with E-state index in [1.807, 2.05) is 0 Å². The number of alkyl halides is 3. The van der Waals surface area contributed by atoms with Crippen LogP contribution in [0, 0.1) is 5.92 Å². The molecular formula is C14H14F3NO4. The fraction of sp³-hybridized carbons (Fsp3) is 0.429. The van der Waals surface area contributed by atoms with Crippen LogP contribution in [0.2, 0.25) is 0 Å². The van der Waals surface area contributed by atoms with E-state index in [9.17, 15) is 27.9 Å². The third-order valence-corrected chi connectivity index (χ3v) is 3.65. The van der Waals surface area contributed by atoms with Crippen LogP contribution < -0.4 is 4.74 Å². The Balaban J connectivity index is 2.43. The van der Waals surface area contributed by atoms with Gasteiger partial charge in [-0.2, -0.15) is 13.2 Å². The van der Waals surface area contributed by atoms with Gasteiger partial charge in [0.05, 0.1) is 19.1 Å². The van der Waals surface area contributed by atoms with Crippen molar-refractivity contribution in [3.8, 4) is 5.75 Å². The highest BCUT2D eigenvalue weighted by Crippen LogP contribution is 2.40. The van der Waals surface area contributed by atoms with Gasteiger partial charge in [-0.15, -0.1) is 0 Å². The second-order valence-electron chi connectivity index (χ2n) is 4.95. The van der Waals surface area contributed by atoms with Gasteiger partial charge in [0, 0.05) is 6.54 Å². The van der Waals surface area contributed by atoms with Gasteiger partial charge in [0.1, 0.15) is 5.75 Å². The van der Waals surface area contributed by atoms with Gasteiger partial charge in [0.2, 0.25) is 0 Å². The van der Waals surface area contributed by atoms with E-state index in [-0.39, 0.29) is 13.0 Å². The van der Waals surface area contributed by atoms with Gasteiger partial charge in [-0.25, -0.2) is 0 Å². The normalized spacial score (nSPS) is 21.7. The molecule has 2 rings (SSSR count). The first kappa shape index (κ1) is 16.1. The van der Waals surface area contributed by atoms with Crippen molar-refractivity contribution in [2.45, 2.75) is 18.6 Å². The number of aliphatic carboxylic acids is 1. The molecule has 1 saturated heterocycles. The van der Waals surface area contributed by atoms with Crippen molar-refractivity contribution in [2.75, 3.05) is 13.7 Å². The molecule has 1 heterocycles. The lowest BCUT2D eigenvalue weighted by Gasteiger charge is -2.28. The van der Waals surface area contributed by atoms with Crippen molar-refractivity contribution in [3.05, 3.63) is 29.8 Å². The molecule has 0 aliphatic carbocycles. The van der Waals surface area contributed by atoms with Crippen LogP contribution in [-0.4, -0.2) is 41.7 Å². The predicted molar refractivity (Wildman–Crippen MR) is 69.2 cm³/mol. The molecule has 2 atom stereocenters. The number of carbonyl (C=O) groups excluding carboxylic acids is 1. The van der Waals surface area contributed by atoms with E-state index in [4.69, 9.17) is 4.74 Å². The topological polar surface area (TPSA) is 66.8 Å². The average molecular weight is 317 g/mol. The zero-order chi connectivity index (χ0) is 16.5. The Labute approximate surface area is 124 Å². The summed E-state index contributed by atoms with van der Waals surface area (Å²) in [6, 6.07) is 4.90. The predicted octanol–water partition coefficient (Wildman–Crippen LogP) is 2.23. The largest absolute Gasteiger partial charge is 0.497 e. The molecule has 0 bridgehead atoms. The van der Waals surface area contributed by atoms with Crippen molar-refractivity contribution >= 4 is 11.9 Å². The summed E-state index contributed by atoms with van der Waals surface area (Å²) in [5, 5.41) is 9.22. The average Bonchev–Trinajstić information content (AvgIpc) is 2.90. The summed E-state index contributed by atoms with van der Waals surface area (Å²) in [6.45, 7) is -0.253. The fourth-order valence-electron chi connectivity index (χ4n) is 2.68. The van der Waals surface area contributed by atoms with Crippen LogP contribution in [0.3, 0.4) is 0 Å². The molecule has 5 nitrogen and oxygen atoms in total. The van der Waals surface area contributed by atoms with Crippen LogP contribution >= 0.6 is 0 Å². The van der Waals surface area contributed by atoms with Gasteiger partial charge in [-0.05, 0) is 24.1 Å². The summed E-state index contributed by atoms with van der Waals surface area (Å²) in [6.07, 6.45) is -5.07. The standard InChI is InChI=1S/C14H14F3NO4/c1-22-9-4-2-3-8(7-9)11-10(12(19)20)5-6-18(11)13(21)14(15,16)17/h2-4,7,10-11H,5-6H2,1H3,(H,19,20). The van der Waals surface area contributed by atoms with Crippen molar-refractivity contribution in [1.29, 1.82) is 0 Å². The van der Waals surface area contributed by atoms with Gasteiger partial charge < -0.3 is 14.7 Å². The number of nitrogens with zero attached hydrogens (tertiary/aromatic N) is 1. The minimum atomic E-state index is -5.04. The fourth-order valence-corrected chi connectivity index (χ4v) is 2.68. The monoisotopic (exact) mass is 317 g/mol. The third-order valence-electron chi connectivity index (χ3n) is 3.65. The molecule has 1 amide bonds. The van der Waals surface area contributed by atoms with Crippen molar-refractivity contribution in [2.24, 2.45) is 5.92 Å². The number of ether oxygens (including phenoxy) is 1.